The van der Waals surface area contributed by atoms with E-state index in [1.165, 1.54) is 0 Å². The summed E-state index contributed by atoms with van der Waals surface area (Å²) in [6, 6.07) is 5.94. The number of hydrogen-bond acceptors (Lipinski definition) is 7. The van der Waals surface area contributed by atoms with Gasteiger partial charge in [0.15, 0.2) is 5.76 Å². The van der Waals surface area contributed by atoms with E-state index >= 15 is 0 Å². The van der Waals surface area contributed by atoms with E-state index in [4.69, 9.17) is 13.6 Å². The summed E-state index contributed by atoms with van der Waals surface area (Å²) in [6.07, 6.45) is 0. The van der Waals surface area contributed by atoms with Gasteiger partial charge in [0, 0.05) is 37.1 Å². The normalized spacial score (nSPS) is 15.3. The van der Waals surface area contributed by atoms with Crippen LogP contribution in [0.3, 0.4) is 0 Å². The highest BCUT2D eigenvalue weighted by molar-refractivity contribution is 5.90. The van der Waals surface area contributed by atoms with Crippen LogP contribution in [0.25, 0.3) is 22.6 Å². The molecule has 3 heterocycles. The maximum absolute atomic E-state index is 12.3. The first-order chi connectivity index (χ1) is 13.1. The standard InChI is InChI=1S/C19H22N4O4/c1-12-3-4-15-14(11-12)13(2)16(26-15)18-21-22-19(27-18)17(24)20-5-6-23-7-9-25-10-8-23/h3-4,11H,5-10H2,1-2H3,(H,20,24). The fourth-order valence-corrected chi connectivity index (χ4v) is 3.17. The van der Waals surface area contributed by atoms with E-state index < -0.39 is 0 Å². The minimum atomic E-state index is -0.383. The second-order valence-corrected chi connectivity index (χ2v) is 6.68. The molecule has 2 aromatic heterocycles. The first-order valence-electron chi connectivity index (χ1n) is 9.04. The number of amides is 1. The number of fused-ring (bicyclic) bond motifs is 1. The highest BCUT2D eigenvalue weighted by Crippen LogP contribution is 2.32. The Labute approximate surface area is 156 Å². The van der Waals surface area contributed by atoms with Crippen LogP contribution in [-0.4, -0.2) is 60.4 Å². The van der Waals surface area contributed by atoms with E-state index in [1.54, 1.807) is 0 Å². The minimum absolute atomic E-state index is 0.0667. The van der Waals surface area contributed by atoms with Crippen molar-refractivity contribution in [1.29, 1.82) is 0 Å². The van der Waals surface area contributed by atoms with E-state index in [1.807, 2.05) is 32.0 Å². The van der Waals surface area contributed by atoms with E-state index in [0.29, 0.717) is 12.3 Å². The predicted molar refractivity (Wildman–Crippen MR) is 98.6 cm³/mol. The molecule has 1 aliphatic rings. The molecule has 0 bridgehead atoms. The molecule has 0 saturated carbocycles. The average Bonchev–Trinajstić information content (AvgIpc) is 3.28. The van der Waals surface area contributed by atoms with Crippen LogP contribution in [0.1, 0.15) is 21.8 Å². The van der Waals surface area contributed by atoms with Crippen LogP contribution in [-0.2, 0) is 4.74 Å². The summed E-state index contributed by atoms with van der Waals surface area (Å²) in [5, 5.41) is 11.7. The maximum atomic E-state index is 12.3. The Kier molecular flexibility index (Phi) is 4.91. The number of morpholine rings is 1. The highest BCUT2D eigenvalue weighted by atomic mass is 16.5. The SMILES string of the molecule is Cc1ccc2oc(-c3nnc(C(=O)NCCN4CCOCC4)o3)c(C)c2c1. The molecule has 4 rings (SSSR count). The van der Waals surface area contributed by atoms with Crippen molar-refractivity contribution in [3.05, 3.63) is 35.2 Å². The van der Waals surface area contributed by atoms with Crippen molar-refractivity contribution in [3.8, 4) is 11.7 Å². The smallest absolute Gasteiger partial charge is 0.308 e. The largest absolute Gasteiger partial charge is 0.451 e. The van der Waals surface area contributed by atoms with Gasteiger partial charge >= 0.3 is 11.8 Å². The molecule has 0 radical (unpaired) electrons. The summed E-state index contributed by atoms with van der Waals surface area (Å²) in [6.45, 7) is 8.47. The van der Waals surface area contributed by atoms with Crippen LogP contribution < -0.4 is 5.32 Å². The lowest BCUT2D eigenvalue weighted by molar-refractivity contribution is 0.0382. The number of aryl methyl sites for hydroxylation is 2. The summed E-state index contributed by atoms with van der Waals surface area (Å²) in [7, 11) is 0. The number of aromatic nitrogens is 2. The third-order valence-electron chi connectivity index (χ3n) is 4.72. The molecule has 1 aliphatic heterocycles. The molecule has 142 valence electrons. The van der Waals surface area contributed by atoms with Gasteiger partial charge in [-0.05, 0) is 26.0 Å². The number of nitrogens with zero attached hydrogens (tertiary/aromatic N) is 3. The van der Waals surface area contributed by atoms with Gasteiger partial charge in [-0.3, -0.25) is 9.69 Å². The van der Waals surface area contributed by atoms with Gasteiger partial charge in [0.2, 0.25) is 0 Å². The monoisotopic (exact) mass is 370 g/mol. The van der Waals surface area contributed by atoms with Crippen molar-refractivity contribution in [2.45, 2.75) is 13.8 Å². The zero-order valence-corrected chi connectivity index (χ0v) is 15.4. The molecule has 0 aliphatic carbocycles. The predicted octanol–water partition coefficient (Wildman–Crippen LogP) is 2.16. The van der Waals surface area contributed by atoms with Crippen molar-refractivity contribution in [1.82, 2.24) is 20.4 Å². The van der Waals surface area contributed by atoms with Gasteiger partial charge in [-0.2, -0.15) is 0 Å². The van der Waals surface area contributed by atoms with Gasteiger partial charge in [0.25, 0.3) is 5.89 Å². The number of nitrogens with one attached hydrogen (secondary N) is 1. The fraction of sp³-hybridized carbons (Fsp3) is 0.421. The average molecular weight is 370 g/mol. The summed E-state index contributed by atoms with van der Waals surface area (Å²) in [5.74, 6) is 0.254. The third-order valence-corrected chi connectivity index (χ3v) is 4.72. The van der Waals surface area contributed by atoms with Crippen LogP contribution in [0.2, 0.25) is 0 Å². The van der Waals surface area contributed by atoms with Gasteiger partial charge in [0.05, 0.1) is 13.2 Å². The number of ether oxygens (including phenoxy) is 1. The number of carbonyl (C=O) groups is 1. The molecule has 1 saturated heterocycles. The van der Waals surface area contributed by atoms with Gasteiger partial charge in [0.1, 0.15) is 5.58 Å². The van der Waals surface area contributed by atoms with Gasteiger partial charge in [-0.1, -0.05) is 11.6 Å². The molecule has 0 unspecified atom stereocenters. The molecule has 1 amide bonds. The Morgan fingerprint density at radius 3 is 2.81 bits per heavy atom. The third kappa shape index (κ3) is 3.72. The number of furan rings is 1. The number of carbonyl (C=O) groups excluding carboxylic acids is 1. The van der Waals surface area contributed by atoms with Gasteiger partial charge < -0.3 is 18.9 Å². The lowest BCUT2D eigenvalue weighted by Gasteiger charge is -2.26. The lowest BCUT2D eigenvalue weighted by atomic mass is 10.1. The lowest BCUT2D eigenvalue weighted by Crippen LogP contribution is -2.41. The van der Waals surface area contributed by atoms with Gasteiger partial charge in [-0.25, -0.2) is 0 Å². The van der Waals surface area contributed by atoms with Crippen LogP contribution in [0.5, 0.6) is 0 Å². The summed E-state index contributed by atoms with van der Waals surface area (Å²) >= 11 is 0. The van der Waals surface area contributed by atoms with Crippen molar-refractivity contribution in [2.24, 2.45) is 0 Å². The van der Waals surface area contributed by atoms with E-state index in [-0.39, 0.29) is 17.7 Å². The second-order valence-electron chi connectivity index (χ2n) is 6.68. The van der Waals surface area contributed by atoms with Crippen LogP contribution in [0.4, 0.5) is 0 Å². The molecule has 8 heteroatoms. The summed E-state index contributed by atoms with van der Waals surface area (Å²) in [5.41, 5.74) is 2.81. The Morgan fingerprint density at radius 1 is 1.19 bits per heavy atom. The summed E-state index contributed by atoms with van der Waals surface area (Å²) < 4.78 is 16.7. The molecule has 1 fully saturated rings. The second kappa shape index (κ2) is 7.50. The molecule has 1 aromatic carbocycles. The molecule has 0 atom stereocenters. The van der Waals surface area contributed by atoms with Crippen molar-refractivity contribution >= 4 is 16.9 Å². The van der Waals surface area contributed by atoms with Crippen molar-refractivity contribution < 1.29 is 18.4 Å². The molecule has 27 heavy (non-hydrogen) atoms. The number of benzene rings is 1. The number of hydrogen-bond donors (Lipinski definition) is 1. The molecule has 8 nitrogen and oxygen atoms in total. The van der Waals surface area contributed by atoms with Crippen LogP contribution >= 0.6 is 0 Å². The molecule has 3 aromatic rings. The first-order valence-corrected chi connectivity index (χ1v) is 9.04. The van der Waals surface area contributed by atoms with Gasteiger partial charge in [-0.15, -0.1) is 10.2 Å². The van der Waals surface area contributed by atoms with Crippen LogP contribution in [0.15, 0.2) is 27.0 Å². The Hall–Kier alpha value is -2.71. The zero-order chi connectivity index (χ0) is 18.8. The van der Waals surface area contributed by atoms with E-state index in [0.717, 1.165) is 54.9 Å². The maximum Gasteiger partial charge on any atom is 0.308 e. The Bertz CT molecular complexity index is 956. The Balaban J connectivity index is 1.43. The minimum Gasteiger partial charge on any atom is -0.451 e. The molecular weight excluding hydrogens is 348 g/mol. The van der Waals surface area contributed by atoms with Crippen molar-refractivity contribution in [2.75, 3.05) is 39.4 Å². The highest BCUT2D eigenvalue weighted by Gasteiger charge is 2.21. The van der Waals surface area contributed by atoms with E-state index in [9.17, 15) is 4.79 Å². The quantitative estimate of drug-likeness (QED) is 0.735. The molecule has 0 spiro atoms. The topological polar surface area (TPSA) is 93.6 Å². The van der Waals surface area contributed by atoms with Crippen molar-refractivity contribution in [3.63, 3.8) is 0 Å². The number of rotatable bonds is 5. The first kappa shape index (κ1) is 17.7. The summed E-state index contributed by atoms with van der Waals surface area (Å²) in [4.78, 5) is 14.5. The molecular formula is C19H22N4O4. The zero-order valence-electron chi connectivity index (χ0n) is 15.4. The van der Waals surface area contributed by atoms with E-state index in [2.05, 4.69) is 20.4 Å². The van der Waals surface area contributed by atoms with Crippen LogP contribution in [0, 0.1) is 13.8 Å². The fourth-order valence-electron chi connectivity index (χ4n) is 3.17. The molecule has 1 N–H and O–H groups in total. The Morgan fingerprint density at radius 2 is 2.00 bits per heavy atom.